The van der Waals surface area contributed by atoms with E-state index in [9.17, 15) is 44.7 Å². The number of phenols is 1. The number of β-lactam (4-membered cyclic amide) rings is 1. The van der Waals surface area contributed by atoms with Gasteiger partial charge in [0.25, 0.3) is 11.8 Å². The number of nitro benzene ring substituents is 1. The standard InChI is InChI=1S/C17H15N5O10S/c18-17(28)32-4-7-5-33-15-11(14(25)21(15)12(7)16(26)27)19-13(24)10(20-29)6-1-2-9(23)8(3-6)22(30)31/h1-3,11,15,23,29H,4-5H2,(H2,18,28)(H,19,24)(H,26,27)/t11?,15-/m0/s1. The van der Waals surface area contributed by atoms with Gasteiger partial charge in [0.05, 0.1) is 4.92 Å². The monoisotopic (exact) mass is 481 g/mol. The van der Waals surface area contributed by atoms with E-state index in [1.165, 1.54) is 0 Å². The van der Waals surface area contributed by atoms with E-state index in [4.69, 9.17) is 5.73 Å². The van der Waals surface area contributed by atoms with Crippen LogP contribution in [-0.4, -0.2) is 78.6 Å². The average Bonchev–Trinajstić information content (AvgIpc) is 2.76. The molecule has 3 rings (SSSR count). The molecule has 1 aromatic rings. The number of nitrogens with two attached hydrogens (primary N) is 1. The molecule has 3 amide bonds. The minimum absolute atomic E-state index is 0.0564. The Morgan fingerprint density at radius 1 is 1.39 bits per heavy atom. The molecule has 0 radical (unpaired) electrons. The molecule has 1 aromatic carbocycles. The lowest BCUT2D eigenvalue weighted by molar-refractivity contribution is -0.385. The van der Waals surface area contributed by atoms with Crippen LogP contribution < -0.4 is 11.1 Å². The lowest BCUT2D eigenvalue weighted by atomic mass is 10.0. The normalized spacial score (nSPS) is 19.9. The van der Waals surface area contributed by atoms with Crippen LogP contribution in [0.3, 0.4) is 0 Å². The fourth-order valence-corrected chi connectivity index (χ4v) is 4.54. The summed E-state index contributed by atoms with van der Waals surface area (Å²) in [6.45, 7) is -0.432. The van der Waals surface area contributed by atoms with Crippen molar-refractivity contribution >= 4 is 47.0 Å². The predicted molar refractivity (Wildman–Crippen MR) is 108 cm³/mol. The van der Waals surface area contributed by atoms with Gasteiger partial charge in [-0.2, -0.15) is 0 Å². The number of benzene rings is 1. The number of nitro groups is 1. The highest BCUT2D eigenvalue weighted by Gasteiger charge is 2.54. The summed E-state index contributed by atoms with van der Waals surface area (Å²) in [4.78, 5) is 58.7. The van der Waals surface area contributed by atoms with Crippen molar-refractivity contribution in [2.24, 2.45) is 10.9 Å². The number of oxime groups is 1. The lowest BCUT2D eigenvalue weighted by Gasteiger charge is -2.49. The Hall–Kier alpha value is -4.34. The number of aliphatic carboxylic acids is 1. The van der Waals surface area contributed by atoms with Gasteiger partial charge in [-0.1, -0.05) is 5.16 Å². The Kier molecular flexibility index (Phi) is 6.38. The topological polar surface area (TPSA) is 235 Å². The number of rotatable bonds is 7. The molecule has 174 valence electrons. The number of aromatic hydroxyl groups is 1. The zero-order valence-electron chi connectivity index (χ0n) is 16.3. The number of carboxylic acid groups (broad SMARTS) is 1. The van der Waals surface area contributed by atoms with Gasteiger partial charge in [-0.25, -0.2) is 9.59 Å². The average molecular weight is 481 g/mol. The van der Waals surface area contributed by atoms with Crippen molar-refractivity contribution in [3.63, 3.8) is 0 Å². The SMILES string of the molecule is NC(=O)OCC1=C(C(=O)O)N2C(=O)C(NC(=O)C(=NO)c3ccc(O)c([N+](=O)[O-])c3)[C@@H]2SC1. The number of carbonyl (C=O) groups excluding carboxylic acids is 3. The van der Waals surface area contributed by atoms with Crippen molar-refractivity contribution < 1.29 is 44.3 Å². The molecule has 2 aliphatic rings. The van der Waals surface area contributed by atoms with Crippen LogP contribution in [0, 0.1) is 10.1 Å². The Morgan fingerprint density at radius 2 is 2.09 bits per heavy atom. The molecule has 1 unspecified atom stereocenters. The number of phenolic OH excluding ortho intramolecular Hbond substituents is 1. The van der Waals surface area contributed by atoms with E-state index in [1.807, 2.05) is 0 Å². The molecule has 33 heavy (non-hydrogen) atoms. The molecule has 1 fully saturated rings. The van der Waals surface area contributed by atoms with Gasteiger partial charge in [0.2, 0.25) is 0 Å². The summed E-state index contributed by atoms with van der Waals surface area (Å²) in [5.41, 5.74) is 3.00. The van der Waals surface area contributed by atoms with Crippen LogP contribution in [0.25, 0.3) is 0 Å². The third-order valence-electron chi connectivity index (χ3n) is 4.69. The second-order valence-corrected chi connectivity index (χ2v) is 7.74. The molecule has 0 saturated carbocycles. The highest BCUT2D eigenvalue weighted by Crippen LogP contribution is 2.40. The molecular weight excluding hydrogens is 466 g/mol. The van der Waals surface area contributed by atoms with E-state index in [2.05, 4.69) is 15.2 Å². The van der Waals surface area contributed by atoms with Crippen molar-refractivity contribution in [1.29, 1.82) is 0 Å². The van der Waals surface area contributed by atoms with E-state index in [-0.39, 0.29) is 16.9 Å². The number of fused-ring (bicyclic) bond motifs is 1. The molecular formula is C17H15N5O10S. The molecule has 6 N–H and O–H groups in total. The summed E-state index contributed by atoms with van der Waals surface area (Å²) >= 11 is 1.08. The summed E-state index contributed by atoms with van der Waals surface area (Å²) < 4.78 is 4.61. The number of thioether (sulfide) groups is 1. The van der Waals surface area contributed by atoms with E-state index >= 15 is 0 Å². The van der Waals surface area contributed by atoms with Crippen LogP contribution in [-0.2, 0) is 19.1 Å². The number of carbonyl (C=O) groups is 4. The maximum atomic E-state index is 12.6. The number of amides is 3. The summed E-state index contributed by atoms with van der Waals surface area (Å²) in [7, 11) is 0. The van der Waals surface area contributed by atoms with Gasteiger partial charge in [-0.05, 0) is 12.1 Å². The zero-order valence-corrected chi connectivity index (χ0v) is 17.1. The number of hydrogen-bond acceptors (Lipinski definition) is 11. The van der Waals surface area contributed by atoms with E-state index in [0.717, 1.165) is 34.9 Å². The molecule has 0 bridgehead atoms. The van der Waals surface area contributed by atoms with E-state index in [0.29, 0.717) is 0 Å². The first kappa shape index (κ1) is 23.3. The van der Waals surface area contributed by atoms with Crippen molar-refractivity contribution in [3.05, 3.63) is 45.1 Å². The predicted octanol–water partition coefficient (Wildman–Crippen LogP) is -0.687. The third kappa shape index (κ3) is 4.36. The summed E-state index contributed by atoms with van der Waals surface area (Å²) in [5.74, 6) is -3.92. The molecule has 15 nitrogen and oxygen atoms in total. The first-order chi connectivity index (χ1) is 15.6. The van der Waals surface area contributed by atoms with Crippen LogP contribution >= 0.6 is 11.8 Å². The van der Waals surface area contributed by atoms with Crippen molar-refractivity contribution in [2.75, 3.05) is 12.4 Å². The second kappa shape index (κ2) is 9.03. The molecule has 16 heteroatoms. The highest BCUT2D eigenvalue weighted by atomic mass is 32.2. The fourth-order valence-electron chi connectivity index (χ4n) is 3.21. The van der Waals surface area contributed by atoms with E-state index in [1.54, 1.807) is 0 Å². The smallest absolute Gasteiger partial charge is 0.404 e. The first-order valence-corrected chi connectivity index (χ1v) is 9.94. The number of ether oxygens (including phenoxy) is 1. The van der Waals surface area contributed by atoms with Crippen molar-refractivity contribution in [1.82, 2.24) is 10.2 Å². The van der Waals surface area contributed by atoms with Gasteiger partial charge >= 0.3 is 17.7 Å². The lowest BCUT2D eigenvalue weighted by Crippen LogP contribution is -2.71. The zero-order chi connectivity index (χ0) is 24.4. The van der Waals surface area contributed by atoms with Crippen molar-refractivity contribution in [3.8, 4) is 5.75 Å². The number of primary amides is 1. The second-order valence-electron chi connectivity index (χ2n) is 6.64. The van der Waals surface area contributed by atoms with Gasteiger partial charge in [0, 0.05) is 23.0 Å². The number of nitrogens with zero attached hydrogens (tertiary/aromatic N) is 3. The van der Waals surface area contributed by atoms with Crippen LogP contribution in [0.1, 0.15) is 5.56 Å². The summed E-state index contributed by atoms with van der Waals surface area (Å²) in [6, 6.07) is 1.64. The van der Waals surface area contributed by atoms with Crippen LogP contribution in [0.5, 0.6) is 5.75 Å². The maximum absolute atomic E-state index is 12.6. The number of hydrogen-bond donors (Lipinski definition) is 5. The molecule has 1 saturated heterocycles. The minimum Gasteiger partial charge on any atom is -0.502 e. The number of carboxylic acids is 1. The Balaban J connectivity index is 1.79. The van der Waals surface area contributed by atoms with Crippen LogP contribution in [0.15, 0.2) is 34.6 Å². The Labute approximate surface area is 187 Å². The minimum atomic E-state index is -1.45. The molecule has 0 aromatic heterocycles. The quantitative estimate of drug-likeness (QED) is 0.107. The Morgan fingerprint density at radius 3 is 2.67 bits per heavy atom. The van der Waals surface area contributed by atoms with Gasteiger partial charge in [0.15, 0.2) is 11.5 Å². The van der Waals surface area contributed by atoms with Gasteiger partial charge in [0.1, 0.15) is 23.7 Å². The molecule has 0 aliphatic carbocycles. The summed E-state index contributed by atoms with van der Waals surface area (Å²) in [6.07, 6.45) is -1.12. The maximum Gasteiger partial charge on any atom is 0.404 e. The van der Waals surface area contributed by atoms with Crippen molar-refractivity contribution in [2.45, 2.75) is 11.4 Å². The van der Waals surface area contributed by atoms with Gasteiger partial charge in [-0.3, -0.25) is 24.6 Å². The summed E-state index contributed by atoms with van der Waals surface area (Å²) in [5, 5.41) is 43.6. The van der Waals surface area contributed by atoms with Crippen LogP contribution in [0.4, 0.5) is 10.5 Å². The third-order valence-corrected chi connectivity index (χ3v) is 6.03. The Bertz CT molecular complexity index is 1130. The molecule has 0 spiro atoms. The molecule has 2 atom stereocenters. The van der Waals surface area contributed by atoms with Gasteiger partial charge in [-0.15, -0.1) is 11.8 Å². The molecule has 2 heterocycles. The highest BCUT2D eigenvalue weighted by molar-refractivity contribution is 8.00. The van der Waals surface area contributed by atoms with Crippen LogP contribution in [0.2, 0.25) is 0 Å². The fraction of sp³-hybridized carbons (Fsp3) is 0.235. The number of nitrogens with one attached hydrogen (secondary N) is 1. The first-order valence-electron chi connectivity index (χ1n) is 8.89. The van der Waals surface area contributed by atoms with Gasteiger partial charge < -0.3 is 31.2 Å². The van der Waals surface area contributed by atoms with E-state index < -0.39 is 69.7 Å². The molecule has 2 aliphatic heterocycles. The largest absolute Gasteiger partial charge is 0.502 e.